The van der Waals surface area contributed by atoms with Gasteiger partial charge in [-0.3, -0.25) is 4.79 Å². The maximum absolute atomic E-state index is 12.0. The first kappa shape index (κ1) is 20.5. The van der Waals surface area contributed by atoms with Crippen molar-refractivity contribution in [1.29, 1.82) is 0 Å². The maximum Gasteiger partial charge on any atom is 0.338 e. The molecule has 0 atom stereocenters. The van der Waals surface area contributed by atoms with Gasteiger partial charge in [-0.25, -0.2) is 4.79 Å². The molecular formula is C22H27NO4. The third-order valence-electron chi connectivity index (χ3n) is 4.14. The number of esters is 1. The molecule has 0 aliphatic carbocycles. The van der Waals surface area contributed by atoms with Gasteiger partial charge >= 0.3 is 5.97 Å². The van der Waals surface area contributed by atoms with E-state index in [4.69, 9.17) is 9.47 Å². The molecule has 5 nitrogen and oxygen atoms in total. The molecule has 0 aliphatic rings. The summed E-state index contributed by atoms with van der Waals surface area (Å²) in [6.45, 7) is 6.66. The van der Waals surface area contributed by atoms with Crippen LogP contribution >= 0.6 is 0 Å². The Morgan fingerprint density at radius 1 is 0.926 bits per heavy atom. The van der Waals surface area contributed by atoms with Crippen molar-refractivity contribution in [3.05, 3.63) is 65.2 Å². The first-order valence-electron chi connectivity index (χ1n) is 8.86. The molecule has 27 heavy (non-hydrogen) atoms. The zero-order chi connectivity index (χ0) is 20.0. The summed E-state index contributed by atoms with van der Waals surface area (Å²) < 4.78 is 10.8. The molecule has 5 heteroatoms. The van der Waals surface area contributed by atoms with Crippen LogP contribution in [-0.4, -0.2) is 37.5 Å². The second kappa shape index (κ2) is 8.71. The Bertz CT molecular complexity index is 771. The van der Waals surface area contributed by atoms with Crippen LogP contribution in [0.3, 0.4) is 0 Å². The lowest BCUT2D eigenvalue weighted by Crippen LogP contribution is -2.27. The van der Waals surface area contributed by atoms with E-state index in [1.807, 2.05) is 24.3 Å². The highest BCUT2D eigenvalue weighted by Crippen LogP contribution is 2.24. The molecule has 0 unspecified atom stereocenters. The smallest absolute Gasteiger partial charge is 0.338 e. The van der Waals surface area contributed by atoms with Gasteiger partial charge in [0.2, 0.25) is 0 Å². The predicted octanol–water partition coefficient (Wildman–Crippen LogP) is 3.81. The highest BCUT2D eigenvalue weighted by atomic mass is 16.5. The van der Waals surface area contributed by atoms with Gasteiger partial charge in [0.15, 0.2) is 6.61 Å². The summed E-state index contributed by atoms with van der Waals surface area (Å²) in [5.74, 6) is 0.0231. The highest BCUT2D eigenvalue weighted by Gasteiger charge is 2.13. The van der Waals surface area contributed by atoms with Crippen LogP contribution in [-0.2, 0) is 21.6 Å². The molecule has 0 radical (unpaired) electrons. The van der Waals surface area contributed by atoms with E-state index in [-0.39, 0.29) is 17.9 Å². The molecule has 1 amide bonds. The summed E-state index contributed by atoms with van der Waals surface area (Å²) in [6, 6.07) is 15.0. The minimum absolute atomic E-state index is 0.111. The van der Waals surface area contributed by atoms with E-state index in [2.05, 4.69) is 32.9 Å². The van der Waals surface area contributed by atoms with Crippen LogP contribution in [0.25, 0.3) is 0 Å². The maximum atomic E-state index is 12.0. The Morgan fingerprint density at radius 3 is 2.04 bits per heavy atom. The van der Waals surface area contributed by atoms with Crippen molar-refractivity contribution in [3.8, 4) is 5.75 Å². The largest absolute Gasteiger partial charge is 0.489 e. The Labute approximate surface area is 160 Å². The van der Waals surface area contributed by atoms with Crippen molar-refractivity contribution in [2.45, 2.75) is 32.8 Å². The highest BCUT2D eigenvalue weighted by molar-refractivity contribution is 5.91. The minimum Gasteiger partial charge on any atom is -0.489 e. The van der Waals surface area contributed by atoms with Crippen LogP contribution < -0.4 is 4.74 Å². The van der Waals surface area contributed by atoms with Crippen molar-refractivity contribution in [2.24, 2.45) is 0 Å². The molecule has 2 rings (SSSR count). The van der Waals surface area contributed by atoms with Crippen LogP contribution in [0.2, 0.25) is 0 Å². The zero-order valence-corrected chi connectivity index (χ0v) is 16.6. The van der Waals surface area contributed by atoms with Crippen molar-refractivity contribution < 1.29 is 19.1 Å². The first-order valence-corrected chi connectivity index (χ1v) is 8.86. The number of likely N-dealkylation sites (N-methyl/N-ethyl adjacent to an activating group) is 1. The van der Waals surface area contributed by atoms with Crippen LogP contribution in [0, 0.1) is 0 Å². The number of nitrogens with zero attached hydrogens (tertiary/aromatic N) is 1. The number of benzene rings is 2. The lowest BCUT2D eigenvalue weighted by atomic mass is 9.87. The van der Waals surface area contributed by atoms with Crippen LogP contribution in [0.15, 0.2) is 48.5 Å². The normalized spacial score (nSPS) is 11.0. The molecule has 0 heterocycles. The molecule has 0 aliphatic heterocycles. The monoisotopic (exact) mass is 369 g/mol. The van der Waals surface area contributed by atoms with Crippen molar-refractivity contribution >= 4 is 11.9 Å². The van der Waals surface area contributed by atoms with Crippen molar-refractivity contribution in [2.75, 3.05) is 20.7 Å². The van der Waals surface area contributed by atoms with Crippen molar-refractivity contribution in [1.82, 2.24) is 4.90 Å². The number of rotatable bonds is 6. The number of ether oxygens (including phenoxy) is 2. The van der Waals surface area contributed by atoms with Crippen molar-refractivity contribution in [3.63, 3.8) is 0 Å². The summed E-state index contributed by atoms with van der Waals surface area (Å²) in [7, 11) is 3.23. The molecule has 0 spiro atoms. The number of carbonyl (C=O) groups is 2. The van der Waals surface area contributed by atoms with E-state index in [9.17, 15) is 9.59 Å². The van der Waals surface area contributed by atoms with Gasteiger partial charge in [0.1, 0.15) is 12.4 Å². The molecule has 2 aromatic carbocycles. The van der Waals surface area contributed by atoms with E-state index >= 15 is 0 Å². The summed E-state index contributed by atoms with van der Waals surface area (Å²) in [6.07, 6.45) is 0. The second-order valence-corrected chi connectivity index (χ2v) is 7.62. The molecule has 0 aromatic heterocycles. The van der Waals surface area contributed by atoms with E-state index in [1.165, 1.54) is 10.5 Å². The summed E-state index contributed by atoms with van der Waals surface area (Å²) in [4.78, 5) is 24.8. The van der Waals surface area contributed by atoms with Crippen LogP contribution in [0.1, 0.15) is 42.3 Å². The topological polar surface area (TPSA) is 55.8 Å². The molecule has 0 bridgehead atoms. The second-order valence-electron chi connectivity index (χ2n) is 7.62. The zero-order valence-electron chi connectivity index (χ0n) is 16.6. The average Bonchev–Trinajstić information content (AvgIpc) is 2.64. The van der Waals surface area contributed by atoms with Crippen LogP contribution in [0.4, 0.5) is 0 Å². The predicted molar refractivity (Wildman–Crippen MR) is 105 cm³/mol. The molecular weight excluding hydrogens is 342 g/mol. The number of amides is 1. The van der Waals surface area contributed by atoms with Gasteiger partial charge < -0.3 is 14.4 Å². The van der Waals surface area contributed by atoms with Gasteiger partial charge in [-0.2, -0.15) is 0 Å². The van der Waals surface area contributed by atoms with Gasteiger partial charge in [-0.1, -0.05) is 45.0 Å². The fourth-order valence-corrected chi connectivity index (χ4v) is 2.29. The fraction of sp³-hybridized carbons (Fsp3) is 0.364. The van der Waals surface area contributed by atoms with Gasteiger partial charge in [-0.05, 0) is 40.8 Å². The first-order chi connectivity index (χ1) is 12.7. The summed E-state index contributed by atoms with van der Waals surface area (Å²) in [5.41, 5.74) is 2.71. The molecule has 144 valence electrons. The average molecular weight is 369 g/mol. The van der Waals surface area contributed by atoms with E-state index in [1.54, 1.807) is 26.2 Å². The Morgan fingerprint density at radius 2 is 1.52 bits per heavy atom. The van der Waals surface area contributed by atoms with E-state index in [0.717, 1.165) is 11.3 Å². The third-order valence-corrected chi connectivity index (χ3v) is 4.14. The fourth-order valence-electron chi connectivity index (χ4n) is 2.29. The van der Waals surface area contributed by atoms with Crippen LogP contribution in [0.5, 0.6) is 5.75 Å². The quantitative estimate of drug-likeness (QED) is 0.727. The molecule has 2 aromatic rings. The Kier molecular flexibility index (Phi) is 6.61. The van der Waals surface area contributed by atoms with Gasteiger partial charge in [0.25, 0.3) is 5.91 Å². The molecule has 0 saturated carbocycles. The summed E-state index contributed by atoms with van der Waals surface area (Å²) >= 11 is 0. The van der Waals surface area contributed by atoms with E-state index < -0.39 is 5.97 Å². The van der Waals surface area contributed by atoms with Gasteiger partial charge in [0, 0.05) is 14.1 Å². The molecule has 0 fully saturated rings. The minimum atomic E-state index is -0.518. The molecule has 0 saturated heterocycles. The number of carbonyl (C=O) groups excluding carboxylic acids is 2. The summed E-state index contributed by atoms with van der Waals surface area (Å²) in [5, 5.41) is 0. The van der Waals surface area contributed by atoms with E-state index in [0.29, 0.717) is 12.2 Å². The van der Waals surface area contributed by atoms with Gasteiger partial charge in [-0.15, -0.1) is 0 Å². The number of hydrogen-bond acceptors (Lipinski definition) is 4. The SMILES string of the molecule is CN(C)C(=O)COC(=O)c1ccc(COc2ccc(C(C)(C)C)cc2)cc1. The Balaban J connectivity index is 1.88. The lowest BCUT2D eigenvalue weighted by molar-refractivity contribution is -0.131. The van der Waals surface area contributed by atoms with Gasteiger partial charge in [0.05, 0.1) is 5.56 Å². The standard InChI is InChI=1S/C22H27NO4/c1-22(2,3)18-10-12-19(13-11-18)26-14-16-6-8-17(9-7-16)21(25)27-15-20(24)23(4)5/h6-13H,14-15H2,1-5H3. The third kappa shape index (κ3) is 6.13. The Hall–Kier alpha value is -2.82. The lowest BCUT2D eigenvalue weighted by Gasteiger charge is -2.19. The number of hydrogen-bond donors (Lipinski definition) is 0. The molecule has 0 N–H and O–H groups in total.